The number of hydrogen-bond acceptors (Lipinski definition) is 1. The van der Waals surface area contributed by atoms with Crippen LogP contribution < -0.4 is 10.1 Å². The highest BCUT2D eigenvalue weighted by Crippen LogP contribution is 2.25. The van der Waals surface area contributed by atoms with Crippen LogP contribution in [0.1, 0.15) is 11.1 Å². The summed E-state index contributed by atoms with van der Waals surface area (Å²) in [5.74, 6) is 0.676. The standard InChI is InChI=1S/C16H17BrFNO/c1-20-16-6-5-13(10-15(16)17)11-19-8-7-12-3-2-4-14(18)9-12/h2-6,9-10,19H,7-8,11H2,1H3/p+1. The number of benzene rings is 2. The molecule has 0 aromatic heterocycles. The van der Waals surface area contributed by atoms with Crippen LogP contribution in [0.5, 0.6) is 5.75 Å². The Kier molecular flexibility index (Phi) is 5.56. The molecule has 0 atom stereocenters. The summed E-state index contributed by atoms with van der Waals surface area (Å²) in [6.45, 7) is 1.84. The van der Waals surface area contributed by atoms with E-state index in [-0.39, 0.29) is 5.82 Å². The lowest BCUT2D eigenvalue weighted by molar-refractivity contribution is -0.670. The van der Waals surface area contributed by atoms with E-state index < -0.39 is 0 Å². The molecule has 0 fully saturated rings. The van der Waals surface area contributed by atoms with E-state index in [1.807, 2.05) is 12.1 Å². The van der Waals surface area contributed by atoms with Gasteiger partial charge in [0.15, 0.2) is 0 Å². The van der Waals surface area contributed by atoms with Gasteiger partial charge in [0, 0.05) is 12.0 Å². The van der Waals surface area contributed by atoms with Crippen LogP contribution in [0.2, 0.25) is 0 Å². The summed E-state index contributed by atoms with van der Waals surface area (Å²) in [6, 6.07) is 12.9. The van der Waals surface area contributed by atoms with Crippen LogP contribution in [-0.4, -0.2) is 13.7 Å². The first-order valence-corrected chi connectivity index (χ1v) is 7.37. The molecule has 106 valence electrons. The molecular weight excluding hydrogens is 321 g/mol. The van der Waals surface area contributed by atoms with Gasteiger partial charge < -0.3 is 10.1 Å². The fourth-order valence-corrected chi connectivity index (χ4v) is 2.65. The summed E-state index contributed by atoms with van der Waals surface area (Å²) < 4.78 is 19.2. The Balaban J connectivity index is 1.80. The topological polar surface area (TPSA) is 25.8 Å². The number of quaternary nitrogens is 1. The molecule has 0 aliphatic heterocycles. The molecule has 2 rings (SSSR count). The smallest absolute Gasteiger partial charge is 0.133 e. The van der Waals surface area contributed by atoms with Crippen LogP contribution in [0.4, 0.5) is 4.39 Å². The van der Waals surface area contributed by atoms with Gasteiger partial charge in [0.05, 0.1) is 18.1 Å². The minimum absolute atomic E-state index is 0.165. The van der Waals surface area contributed by atoms with Crippen molar-refractivity contribution >= 4 is 15.9 Å². The zero-order chi connectivity index (χ0) is 14.4. The maximum atomic E-state index is 13.0. The van der Waals surface area contributed by atoms with E-state index in [1.54, 1.807) is 19.2 Å². The summed E-state index contributed by atoms with van der Waals surface area (Å²) in [6.07, 6.45) is 0.870. The quantitative estimate of drug-likeness (QED) is 0.805. The number of methoxy groups -OCH3 is 1. The molecule has 2 nitrogen and oxygen atoms in total. The van der Waals surface area contributed by atoms with Crippen LogP contribution in [-0.2, 0) is 13.0 Å². The van der Waals surface area contributed by atoms with Crippen molar-refractivity contribution in [2.75, 3.05) is 13.7 Å². The average molecular weight is 339 g/mol. The Morgan fingerprint density at radius 3 is 2.70 bits per heavy atom. The fourth-order valence-electron chi connectivity index (χ4n) is 2.07. The van der Waals surface area contributed by atoms with E-state index in [0.29, 0.717) is 0 Å². The summed E-state index contributed by atoms with van der Waals surface area (Å²) in [5, 5.41) is 2.22. The number of halogens is 2. The summed E-state index contributed by atoms with van der Waals surface area (Å²) in [5.41, 5.74) is 2.27. The van der Waals surface area contributed by atoms with Crippen LogP contribution in [0.3, 0.4) is 0 Å². The molecule has 2 aromatic carbocycles. The molecule has 0 unspecified atom stereocenters. The molecule has 0 spiro atoms. The van der Waals surface area contributed by atoms with Gasteiger partial charge >= 0.3 is 0 Å². The second-order valence-electron chi connectivity index (χ2n) is 4.63. The van der Waals surface area contributed by atoms with Gasteiger partial charge in [-0.05, 0) is 51.8 Å². The predicted octanol–water partition coefficient (Wildman–Crippen LogP) is 2.90. The van der Waals surface area contributed by atoms with Crippen molar-refractivity contribution in [3.63, 3.8) is 0 Å². The van der Waals surface area contributed by atoms with Crippen molar-refractivity contribution in [2.24, 2.45) is 0 Å². The lowest BCUT2D eigenvalue weighted by Crippen LogP contribution is -2.83. The summed E-state index contributed by atoms with van der Waals surface area (Å²) in [7, 11) is 1.66. The SMILES string of the molecule is COc1ccc(C[NH2+]CCc2cccc(F)c2)cc1Br. The van der Waals surface area contributed by atoms with Gasteiger partial charge in [-0.3, -0.25) is 0 Å². The first-order chi connectivity index (χ1) is 9.69. The Morgan fingerprint density at radius 1 is 1.15 bits per heavy atom. The highest BCUT2D eigenvalue weighted by molar-refractivity contribution is 9.10. The van der Waals surface area contributed by atoms with E-state index in [4.69, 9.17) is 4.74 Å². The minimum atomic E-state index is -0.165. The second kappa shape index (κ2) is 7.41. The lowest BCUT2D eigenvalue weighted by atomic mass is 10.1. The van der Waals surface area contributed by atoms with Crippen molar-refractivity contribution < 1.29 is 14.4 Å². The third-order valence-corrected chi connectivity index (χ3v) is 3.74. The Bertz CT molecular complexity index is 574. The third-order valence-electron chi connectivity index (χ3n) is 3.12. The third kappa shape index (κ3) is 4.32. The highest BCUT2D eigenvalue weighted by atomic mass is 79.9. The Morgan fingerprint density at radius 2 is 2.00 bits per heavy atom. The predicted molar refractivity (Wildman–Crippen MR) is 81.3 cm³/mol. The Hall–Kier alpha value is -1.39. The van der Waals surface area contributed by atoms with Crippen molar-refractivity contribution in [1.29, 1.82) is 0 Å². The monoisotopic (exact) mass is 338 g/mol. The van der Waals surface area contributed by atoms with Crippen molar-refractivity contribution in [1.82, 2.24) is 0 Å². The van der Waals surface area contributed by atoms with Crippen LogP contribution >= 0.6 is 15.9 Å². The summed E-state index contributed by atoms with van der Waals surface area (Å²) in [4.78, 5) is 0. The van der Waals surface area contributed by atoms with E-state index in [2.05, 4.69) is 33.4 Å². The number of hydrogen-bond donors (Lipinski definition) is 1. The van der Waals surface area contributed by atoms with Crippen LogP contribution in [0.15, 0.2) is 46.9 Å². The van der Waals surface area contributed by atoms with Gasteiger partial charge in [-0.15, -0.1) is 0 Å². The van der Waals surface area contributed by atoms with Gasteiger partial charge in [0.1, 0.15) is 18.1 Å². The molecule has 0 bridgehead atoms. The Labute approximate surface area is 127 Å². The molecule has 2 N–H and O–H groups in total. The van der Waals surface area contributed by atoms with Gasteiger partial charge in [0.2, 0.25) is 0 Å². The lowest BCUT2D eigenvalue weighted by Gasteiger charge is -2.06. The van der Waals surface area contributed by atoms with Gasteiger partial charge in [-0.1, -0.05) is 12.1 Å². The van der Waals surface area contributed by atoms with Gasteiger partial charge in [0.25, 0.3) is 0 Å². The normalized spacial score (nSPS) is 10.6. The second-order valence-corrected chi connectivity index (χ2v) is 5.48. The molecule has 0 radical (unpaired) electrons. The molecule has 0 saturated carbocycles. The first kappa shape index (κ1) is 15.0. The highest BCUT2D eigenvalue weighted by Gasteiger charge is 2.03. The molecule has 2 aromatic rings. The molecular formula is C16H18BrFNO+. The maximum Gasteiger partial charge on any atom is 0.133 e. The molecule has 20 heavy (non-hydrogen) atoms. The van der Waals surface area contributed by atoms with Crippen molar-refractivity contribution in [3.8, 4) is 5.75 Å². The molecule has 0 saturated heterocycles. The van der Waals surface area contributed by atoms with Crippen LogP contribution in [0.25, 0.3) is 0 Å². The van der Waals surface area contributed by atoms with E-state index in [9.17, 15) is 4.39 Å². The molecule has 0 aliphatic carbocycles. The number of nitrogens with two attached hydrogens (primary N) is 1. The van der Waals surface area contributed by atoms with Gasteiger partial charge in [-0.25, -0.2) is 4.39 Å². The van der Waals surface area contributed by atoms with E-state index >= 15 is 0 Å². The van der Waals surface area contributed by atoms with Crippen molar-refractivity contribution in [3.05, 3.63) is 63.9 Å². The fraction of sp³-hybridized carbons (Fsp3) is 0.250. The summed E-state index contributed by atoms with van der Waals surface area (Å²) >= 11 is 3.48. The number of ether oxygens (including phenoxy) is 1. The zero-order valence-electron chi connectivity index (χ0n) is 11.4. The number of rotatable bonds is 6. The van der Waals surface area contributed by atoms with Gasteiger partial charge in [-0.2, -0.15) is 0 Å². The molecule has 0 amide bonds. The van der Waals surface area contributed by atoms with E-state index in [1.165, 1.54) is 11.6 Å². The largest absolute Gasteiger partial charge is 0.496 e. The molecule has 0 aliphatic rings. The van der Waals surface area contributed by atoms with E-state index in [0.717, 1.165) is 35.3 Å². The average Bonchev–Trinajstić information content (AvgIpc) is 2.44. The van der Waals surface area contributed by atoms with Crippen molar-refractivity contribution in [2.45, 2.75) is 13.0 Å². The molecule has 0 heterocycles. The minimum Gasteiger partial charge on any atom is -0.496 e. The zero-order valence-corrected chi connectivity index (χ0v) is 13.0. The molecule has 4 heteroatoms. The van der Waals surface area contributed by atoms with Crippen LogP contribution in [0, 0.1) is 5.82 Å². The maximum absolute atomic E-state index is 13.0. The first-order valence-electron chi connectivity index (χ1n) is 6.57.